The Morgan fingerprint density at radius 3 is 2.72 bits per heavy atom. The molecule has 0 spiro atoms. The highest BCUT2D eigenvalue weighted by atomic mass is 32.2. The number of methoxy groups -OCH3 is 1. The summed E-state index contributed by atoms with van der Waals surface area (Å²) in [5.41, 5.74) is 1.13. The van der Waals surface area contributed by atoms with Crippen molar-refractivity contribution in [1.82, 2.24) is 9.71 Å². The summed E-state index contributed by atoms with van der Waals surface area (Å²) in [6.45, 7) is 3.96. The molecule has 1 aromatic heterocycles. The van der Waals surface area contributed by atoms with Crippen molar-refractivity contribution >= 4 is 27.3 Å². The molecule has 2 rings (SSSR count). The molecule has 1 aliphatic carbocycles. The zero-order valence-electron chi connectivity index (χ0n) is 10.3. The molecule has 18 heavy (non-hydrogen) atoms. The van der Waals surface area contributed by atoms with E-state index in [2.05, 4.69) is 14.4 Å². The molecule has 6 nitrogen and oxygen atoms in total. The predicted octanol–water partition coefficient (Wildman–Crippen LogP) is 1.01. The molecule has 1 atom stereocenters. The van der Waals surface area contributed by atoms with Crippen molar-refractivity contribution < 1.29 is 17.9 Å². The molecule has 1 N–H and O–H groups in total. The third-order valence-corrected chi connectivity index (χ3v) is 5.81. The van der Waals surface area contributed by atoms with Crippen molar-refractivity contribution in [3.05, 3.63) is 11.2 Å². The molecule has 0 aliphatic heterocycles. The Morgan fingerprint density at radius 2 is 2.22 bits per heavy atom. The van der Waals surface area contributed by atoms with E-state index in [9.17, 15) is 13.2 Å². The number of rotatable bonds is 4. The van der Waals surface area contributed by atoms with Gasteiger partial charge in [0.15, 0.2) is 9.90 Å². The summed E-state index contributed by atoms with van der Waals surface area (Å²) in [4.78, 5) is 15.1. The number of nitrogens with one attached hydrogen (secondary N) is 1. The Kier molecular flexibility index (Phi) is 3.20. The zero-order chi connectivity index (χ0) is 13.6. The Balaban J connectivity index is 2.26. The van der Waals surface area contributed by atoms with Gasteiger partial charge in [0.05, 0.1) is 12.6 Å². The summed E-state index contributed by atoms with van der Waals surface area (Å²) in [5, 5.41) is 0. The minimum Gasteiger partial charge on any atom is -0.464 e. The van der Waals surface area contributed by atoms with Crippen LogP contribution in [0.4, 0.5) is 0 Å². The van der Waals surface area contributed by atoms with Gasteiger partial charge in [-0.25, -0.2) is 22.9 Å². The average molecular weight is 290 g/mol. The second-order valence-corrected chi connectivity index (χ2v) is 7.61. The molecule has 100 valence electrons. The Morgan fingerprint density at radius 1 is 1.61 bits per heavy atom. The first kappa shape index (κ1) is 13.4. The van der Waals surface area contributed by atoms with Crippen LogP contribution in [0.15, 0.2) is 9.72 Å². The van der Waals surface area contributed by atoms with E-state index in [1.807, 2.05) is 13.8 Å². The topological polar surface area (TPSA) is 85.4 Å². The lowest BCUT2D eigenvalue weighted by Crippen LogP contribution is -2.29. The van der Waals surface area contributed by atoms with Crippen LogP contribution >= 0.6 is 11.3 Å². The van der Waals surface area contributed by atoms with Crippen LogP contribution in [0.2, 0.25) is 0 Å². The van der Waals surface area contributed by atoms with Gasteiger partial charge in [0.25, 0.3) is 10.0 Å². The predicted molar refractivity (Wildman–Crippen MR) is 66.0 cm³/mol. The summed E-state index contributed by atoms with van der Waals surface area (Å²) in [6, 6.07) is -0.0879. The first-order chi connectivity index (χ1) is 8.28. The number of ether oxygens (including phenoxy) is 1. The Bertz CT molecular complexity index is 576. The van der Waals surface area contributed by atoms with Crippen LogP contribution in [0, 0.1) is 5.41 Å². The fourth-order valence-corrected chi connectivity index (χ4v) is 4.12. The van der Waals surface area contributed by atoms with Crippen LogP contribution in [0.25, 0.3) is 0 Å². The van der Waals surface area contributed by atoms with Crippen LogP contribution in [-0.4, -0.2) is 32.5 Å². The summed E-state index contributed by atoms with van der Waals surface area (Å²) in [5.74, 6) is -0.744. The molecule has 0 aromatic carbocycles. The smallest absolute Gasteiger partial charge is 0.358 e. The maximum Gasteiger partial charge on any atom is 0.358 e. The fourth-order valence-electron chi connectivity index (χ4n) is 1.57. The number of carbonyl (C=O) groups excluding carboxylic acids is 1. The number of thiazole rings is 1. The summed E-state index contributed by atoms with van der Waals surface area (Å²) >= 11 is 0.908. The second-order valence-electron chi connectivity index (χ2n) is 4.85. The van der Waals surface area contributed by atoms with E-state index in [1.54, 1.807) is 0 Å². The van der Waals surface area contributed by atoms with Gasteiger partial charge >= 0.3 is 5.97 Å². The van der Waals surface area contributed by atoms with E-state index in [0.717, 1.165) is 17.8 Å². The molecule has 0 radical (unpaired) electrons. The van der Waals surface area contributed by atoms with Crippen molar-refractivity contribution in [3.63, 3.8) is 0 Å². The SMILES string of the molecule is COC(=O)c1ncsc1S(=O)(=O)NC1CC1(C)C. The molecule has 1 aromatic rings. The molecule has 8 heteroatoms. The van der Waals surface area contributed by atoms with Gasteiger partial charge in [-0.1, -0.05) is 13.8 Å². The van der Waals surface area contributed by atoms with E-state index < -0.39 is 16.0 Å². The fraction of sp³-hybridized carbons (Fsp3) is 0.600. The molecular formula is C10H14N2O4S2. The number of carbonyl (C=O) groups is 1. The molecular weight excluding hydrogens is 276 g/mol. The van der Waals surface area contributed by atoms with Gasteiger partial charge < -0.3 is 4.74 Å². The number of aromatic nitrogens is 1. The van der Waals surface area contributed by atoms with Gasteiger partial charge in [-0.05, 0) is 11.8 Å². The van der Waals surface area contributed by atoms with Crippen molar-refractivity contribution in [1.29, 1.82) is 0 Å². The van der Waals surface area contributed by atoms with Crippen molar-refractivity contribution in [2.45, 2.75) is 30.5 Å². The number of nitrogens with zero attached hydrogens (tertiary/aromatic N) is 1. The lowest BCUT2D eigenvalue weighted by atomic mass is 10.2. The quantitative estimate of drug-likeness (QED) is 0.836. The van der Waals surface area contributed by atoms with Crippen molar-refractivity contribution in [2.75, 3.05) is 7.11 Å². The van der Waals surface area contributed by atoms with Crippen LogP contribution in [0.1, 0.15) is 30.8 Å². The van der Waals surface area contributed by atoms with E-state index in [1.165, 1.54) is 12.6 Å². The molecule has 0 amide bonds. The molecule has 1 unspecified atom stereocenters. The standard InChI is InChI=1S/C10H14N2O4S2/c1-10(2)4-6(10)12-18(14,15)9-7(8(13)16-3)11-5-17-9/h5-6,12H,4H2,1-3H3. The maximum atomic E-state index is 12.1. The molecule has 1 fully saturated rings. The van der Waals surface area contributed by atoms with Gasteiger partial charge in [0.2, 0.25) is 0 Å². The van der Waals surface area contributed by atoms with Gasteiger partial charge in [-0.2, -0.15) is 0 Å². The van der Waals surface area contributed by atoms with E-state index in [4.69, 9.17) is 0 Å². The van der Waals surface area contributed by atoms with Crippen LogP contribution in [-0.2, 0) is 14.8 Å². The summed E-state index contributed by atoms with van der Waals surface area (Å²) < 4.78 is 31.2. The number of hydrogen-bond donors (Lipinski definition) is 1. The minimum absolute atomic E-state index is 0.0246. The highest BCUT2D eigenvalue weighted by Gasteiger charge is 2.48. The highest BCUT2D eigenvalue weighted by molar-refractivity contribution is 7.91. The first-order valence-electron chi connectivity index (χ1n) is 5.32. The zero-order valence-corrected chi connectivity index (χ0v) is 11.9. The van der Waals surface area contributed by atoms with E-state index in [-0.39, 0.29) is 21.4 Å². The van der Waals surface area contributed by atoms with Gasteiger partial charge in [0.1, 0.15) is 0 Å². The van der Waals surface area contributed by atoms with E-state index in [0.29, 0.717) is 0 Å². The van der Waals surface area contributed by atoms with Crippen molar-refractivity contribution in [3.8, 4) is 0 Å². The highest BCUT2D eigenvalue weighted by Crippen LogP contribution is 2.45. The second kappa shape index (κ2) is 4.29. The third kappa shape index (κ3) is 2.40. The van der Waals surface area contributed by atoms with Gasteiger partial charge in [0, 0.05) is 6.04 Å². The van der Waals surface area contributed by atoms with Crippen LogP contribution < -0.4 is 4.72 Å². The molecule has 0 bridgehead atoms. The molecule has 1 heterocycles. The van der Waals surface area contributed by atoms with Gasteiger partial charge in [-0.15, -0.1) is 11.3 Å². The first-order valence-corrected chi connectivity index (χ1v) is 7.68. The molecule has 0 saturated heterocycles. The van der Waals surface area contributed by atoms with Crippen LogP contribution in [0.5, 0.6) is 0 Å². The largest absolute Gasteiger partial charge is 0.464 e. The number of esters is 1. The van der Waals surface area contributed by atoms with Crippen LogP contribution in [0.3, 0.4) is 0 Å². The van der Waals surface area contributed by atoms with Gasteiger partial charge in [-0.3, -0.25) is 0 Å². The lowest BCUT2D eigenvalue weighted by molar-refractivity contribution is 0.0590. The van der Waals surface area contributed by atoms with E-state index >= 15 is 0 Å². The summed E-state index contributed by atoms with van der Waals surface area (Å²) in [7, 11) is -2.52. The normalized spacial score (nSPS) is 21.6. The third-order valence-electron chi connectivity index (χ3n) is 2.97. The minimum atomic E-state index is -3.71. The number of sulfonamides is 1. The number of hydrogen-bond acceptors (Lipinski definition) is 6. The maximum absolute atomic E-state index is 12.1. The molecule has 1 saturated carbocycles. The molecule has 1 aliphatic rings. The Hall–Kier alpha value is -0.990. The summed E-state index contributed by atoms with van der Waals surface area (Å²) in [6.07, 6.45) is 0.790. The lowest BCUT2D eigenvalue weighted by Gasteiger charge is -2.07. The Labute approximate surface area is 109 Å². The monoisotopic (exact) mass is 290 g/mol. The van der Waals surface area contributed by atoms with Crippen molar-refractivity contribution in [2.24, 2.45) is 5.41 Å². The average Bonchev–Trinajstić information content (AvgIpc) is 2.70.